The average Bonchev–Trinajstić information content (AvgIpc) is 0.909. The fourth-order valence-corrected chi connectivity index (χ4v) is 11.4. The number of rotatable bonds is 73. The van der Waals surface area contributed by atoms with Crippen molar-refractivity contribution in [3.8, 4) is 0 Å². The van der Waals surface area contributed by atoms with E-state index in [1.807, 2.05) is 0 Å². The molecule has 5 unspecified atom stereocenters. The Morgan fingerprint density at radius 1 is 0.274 bits per heavy atom. The number of ether oxygens (including phenoxy) is 4. The van der Waals surface area contributed by atoms with Crippen LogP contribution in [0, 0.1) is 0 Å². The van der Waals surface area contributed by atoms with Crippen molar-refractivity contribution in [2.45, 2.75) is 303 Å². The lowest BCUT2D eigenvalue weighted by Crippen LogP contribution is -2.30. The summed E-state index contributed by atoms with van der Waals surface area (Å²) in [4.78, 5) is 73.1. The van der Waals surface area contributed by atoms with E-state index in [0.717, 1.165) is 180 Å². The molecule has 0 aromatic carbocycles. The van der Waals surface area contributed by atoms with Crippen molar-refractivity contribution in [3.63, 3.8) is 0 Å². The summed E-state index contributed by atoms with van der Waals surface area (Å²) in [6, 6.07) is 0. The van der Waals surface area contributed by atoms with Crippen molar-refractivity contribution < 1.29 is 80.2 Å². The molecule has 0 aromatic rings. The monoisotopic (exact) mass is 1520 g/mol. The van der Waals surface area contributed by atoms with Crippen LogP contribution in [0.4, 0.5) is 0 Å². The van der Waals surface area contributed by atoms with E-state index in [0.29, 0.717) is 32.1 Å². The number of aliphatic hydroxyl groups is 1. The Balaban J connectivity index is 5.48. The molecule has 0 saturated heterocycles. The summed E-state index contributed by atoms with van der Waals surface area (Å²) in [7, 11) is -10.0. The molecular formula is C87H140O17P2. The highest BCUT2D eigenvalue weighted by atomic mass is 31.2. The fourth-order valence-electron chi connectivity index (χ4n) is 9.85. The van der Waals surface area contributed by atoms with Gasteiger partial charge in [-0.05, 0) is 180 Å². The number of carbonyl (C=O) groups excluding carboxylic acids is 4. The zero-order valence-corrected chi connectivity index (χ0v) is 67.3. The molecule has 106 heavy (non-hydrogen) atoms. The second-order valence-corrected chi connectivity index (χ2v) is 28.8. The van der Waals surface area contributed by atoms with Crippen molar-refractivity contribution in [1.82, 2.24) is 0 Å². The summed E-state index contributed by atoms with van der Waals surface area (Å²) >= 11 is 0. The lowest BCUT2D eigenvalue weighted by molar-refractivity contribution is -0.161. The van der Waals surface area contributed by atoms with Crippen LogP contribution in [-0.2, 0) is 65.4 Å². The van der Waals surface area contributed by atoms with Crippen LogP contribution >= 0.6 is 15.6 Å². The maximum absolute atomic E-state index is 13.1. The van der Waals surface area contributed by atoms with Crippen LogP contribution in [0.25, 0.3) is 0 Å². The molecule has 0 bridgehead atoms. The number of unbranched alkanes of at least 4 members (excludes halogenated alkanes) is 17. The van der Waals surface area contributed by atoms with Crippen molar-refractivity contribution in [1.29, 1.82) is 0 Å². The van der Waals surface area contributed by atoms with Gasteiger partial charge in [-0.3, -0.25) is 37.3 Å². The van der Waals surface area contributed by atoms with Crippen LogP contribution in [0.5, 0.6) is 0 Å². The van der Waals surface area contributed by atoms with Crippen molar-refractivity contribution in [3.05, 3.63) is 182 Å². The molecule has 0 amide bonds. The summed E-state index contributed by atoms with van der Waals surface area (Å²) in [5.41, 5.74) is 0. The molecule has 0 aliphatic carbocycles. The number of aliphatic hydroxyl groups excluding tert-OH is 1. The van der Waals surface area contributed by atoms with Crippen LogP contribution in [-0.4, -0.2) is 96.7 Å². The predicted molar refractivity (Wildman–Crippen MR) is 436 cm³/mol. The Morgan fingerprint density at radius 2 is 0.491 bits per heavy atom. The molecule has 600 valence electrons. The zero-order chi connectivity index (χ0) is 77.4. The van der Waals surface area contributed by atoms with Crippen molar-refractivity contribution in [2.75, 3.05) is 39.6 Å². The van der Waals surface area contributed by atoms with E-state index in [2.05, 4.69) is 210 Å². The highest BCUT2D eigenvalue weighted by molar-refractivity contribution is 7.47. The Kier molecular flexibility index (Phi) is 73.1. The first-order valence-corrected chi connectivity index (χ1v) is 43.0. The van der Waals surface area contributed by atoms with Gasteiger partial charge in [0.25, 0.3) is 0 Å². The molecule has 0 heterocycles. The van der Waals surface area contributed by atoms with Crippen LogP contribution in [0.15, 0.2) is 182 Å². The maximum Gasteiger partial charge on any atom is 0.472 e. The lowest BCUT2D eigenvalue weighted by atomic mass is 10.1. The van der Waals surface area contributed by atoms with E-state index < -0.39 is 97.5 Å². The molecule has 3 N–H and O–H groups in total. The van der Waals surface area contributed by atoms with Crippen LogP contribution < -0.4 is 0 Å². The molecule has 0 radical (unpaired) electrons. The van der Waals surface area contributed by atoms with E-state index >= 15 is 0 Å². The summed E-state index contributed by atoms with van der Waals surface area (Å²) < 4.78 is 68.5. The van der Waals surface area contributed by atoms with E-state index in [1.165, 1.54) is 19.3 Å². The minimum Gasteiger partial charge on any atom is -0.462 e. The molecule has 0 aliphatic rings. The third-order valence-electron chi connectivity index (χ3n) is 15.8. The number of phosphoric acid groups is 2. The predicted octanol–water partition coefficient (Wildman–Crippen LogP) is 23.6. The van der Waals surface area contributed by atoms with Gasteiger partial charge in [-0.25, -0.2) is 9.13 Å². The third kappa shape index (κ3) is 76.4. The van der Waals surface area contributed by atoms with Gasteiger partial charge >= 0.3 is 39.5 Å². The molecule has 0 rings (SSSR count). The van der Waals surface area contributed by atoms with Crippen molar-refractivity contribution >= 4 is 39.5 Å². The van der Waals surface area contributed by atoms with E-state index in [4.69, 9.17) is 37.0 Å². The van der Waals surface area contributed by atoms with E-state index in [1.54, 1.807) is 0 Å². The van der Waals surface area contributed by atoms with Gasteiger partial charge in [0.1, 0.15) is 19.3 Å². The zero-order valence-electron chi connectivity index (χ0n) is 65.5. The quantitative estimate of drug-likeness (QED) is 0.0169. The summed E-state index contributed by atoms with van der Waals surface area (Å²) in [5.74, 6) is -2.32. The maximum atomic E-state index is 13.1. The minimum atomic E-state index is -5.01. The van der Waals surface area contributed by atoms with Gasteiger partial charge in [0, 0.05) is 25.7 Å². The molecule has 19 heteroatoms. The molecule has 0 aromatic heterocycles. The van der Waals surface area contributed by atoms with E-state index in [-0.39, 0.29) is 25.7 Å². The Labute approximate surface area is 641 Å². The topological polar surface area (TPSA) is 237 Å². The number of carbonyl (C=O) groups is 4. The Morgan fingerprint density at radius 3 is 0.783 bits per heavy atom. The van der Waals surface area contributed by atoms with E-state index in [9.17, 15) is 43.2 Å². The summed E-state index contributed by atoms with van der Waals surface area (Å²) in [6.45, 7) is 4.35. The lowest BCUT2D eigenvalue weighted by Gasteiger charge is -2.21. The molecule has 5 atom stereocenters. The fraction of sp³-hybridized carbons (Fsp3) is 0.609. The minimum absolute atomic E-state index is 0.0291. The Bertz CT molecular complexity index is 2730. The first-order valence-electron chi connectivity index (χ1n) is 40.0. The van der Waals surface area contributed by atoms with Crippen LogP contribution in [0.1, 0.15) is 285 Å². The van der Waals surface area contributed by atoms with Crippen LogP contribution in [0.2, 0.25) is 0 Å². The standard InChI is InChI=1S/C87H140O17P2/c1-5-9-13-17-21-25-29-33-37-39-40-42-46-48-52-56-60-64-68-72-85(90)98-78-83(104-87(92)74-70-66-62-58-54-50-44-36-32-28-24-20-16-12-8-4)80-102-106(95,96)100-76-81(88)75-99-105(93,94)101-79-82(103-86(91)73-69-65-61-57-53-49-43-35-31-27-23-19-15-11-7-3)77-97-84(89)71-67-63-59-55-51-47-45-41-38-34-30-26-22-18-14-10-6-2/h9-11,13-15,21-28,33-38,40,42-45,47-48,52-53,57,81-83,88H,5-8,12,16-20,29-32,39,41,46,49-51,54-56,58-80H2,1-4H3,(H,93,94)(H,95,96)/b13-9-,14-10-,15-11-,25-21-,26-22-,27-23-,28-24-,37-33-,38-34-,42-40-,43-35-,44-36-,47-45-,52-48-,57-53-. The molecular weight excluding hydrogens is 1380 g/mol. The molecule has 0 fully saturated rings. The number of hydrogen-bond acceptors (Lipinski definition) is 15. The van der Waals surface area contributed by atoms with Gasteiger partial charge in [0.2, 0.25) is 0 Å². The molecule has 0 saturated carbocycles. The second-order valence-electron chi connectivity index (χ2n) is 25.9. The first kappa shape index (κ1) is 100. The molecule has 17 nitrogen and oxygen atoms in total. The normalized spacial score (nSPS) is 14.8. The first-order chi connectivity index (χ1) is 51.7. The SMILES string of the molecule is CC/C=C\C/C=C\C/C=C\C/C=C\C/C=C\CCCCCC(=O)OCC(COP(=O)(O)OCC(O)COP(=O)(O)OCC(COC(=O)CCCCCC/C=C\C/C=C\C/C=C\C/C=C\CC)OC(=O)CCCC/C=C\C/C=C\C/C=C\C/C=C\CC)OC(=O)CCCCCCC/C=C\C/C=C\CCCCC. The number of esters is 4. The summed E-state index contributed by atoms with van der Waals surface area (Å²) in [6.07, 6.45) is 93.0. The van der Waals surface area contributed by atoms with Gasteiger partial charge in [-0.15, -0.1) is 0 Å². The van der Waals surface area contributed by atoms with Gasteiger partial charge in [-0.2, -0.15) is 0 Å². The third-order valence-corrected chi connectivity index (χ3v) is 17.7. The van der Waals surface area contributed by atoms with Gasteiger partial charge in [0.15, 0.2) is 12.2 Å². The van der Waals surface area contributed by atoms with Gasteiger partial charge in [0.05, 0.1) is 26.4 Å². The van der Waals surface area contributed by atoms with Gasteiger partial charge < -0.3 is 33.8 Å². The highest BCUT2D eigenvalue weighted by Crippen LogP contribution is 2.45. The highest BCUT2D eigenvalue weighted by Gasteiger charge is 2.30. The van der Waals surface area contributed by atoms with Crippen LogP contribution in [0.3, 0.4) is 0 Å². The Hall–Kier alpha value is -5.84. The number of allylic oxidation sites excluding steroid dienone is 30. The average molecular weight is 1520 g/mol. The van der Waals surface area contributed by atoms with Gasteiger partial charge in [-0.1, -0.05) is 261 Å². The second kappa shape index (κ2) is 77.3. The smallest absolute Gasteiger partial charge is 0.462 e. The number of phosphoric ester groups is 2. The summed E-state index contributed by atoms with van der Waals surface area (Å²) in [5, 5.41) is 10.6. The molecule has 0 spiro atoms. The number of hydrogen-bond donors (Lipinski definition) is 3. The largest absolute Gasteiger partial charge is 0.472 e. The van der Waals surface area contributed by atoms with Crippen molar-refractivity contribution in [2.24, 2.45) is 0 Å². The molecule has 0 aliphatic heterocycles.